The molecule has 0 saturated carbocycles. The SMILES string of the molecule is CCC=CCC=CCC=CCC=CCC=CCC=CCCC(=O)NCC(NC(=O)C(C)(C)CCCOc1cc(C)ccc1C)C(=O)OC. The largest absolute Gasteiger partial charge is 0.493 e. The van der Waals surface area contributed by atoms with Gasteiger partial charge in [0.15, 0.2) is 0 Å². The van der Waals surface area contributed by atoms with Crippen molar-refractivity contribution in [3.05, 3.63) is 102 Å². The number of amides is 2. The van der Waals surface area contributed by atoms with Crippen LogP contribution in [-0.2, 0) is 19.1 Å². The van der Waals surface area contributed by atoms with Gasteiger partial charge >= 0.3 is 5.97 Å². The summed E-state index contributed by atoms with van der Waals surface area (Å²) < 4.78 is 10.8. The molecule has 0 aliphatic rings. The van der Waals surface area contributed by atoms with Crippen LogP contribution in [0.2, 0.25) is 0 Å². The molecular weight excluding hydrogens is 600 g/mol. The molecule has 0 spiro atoms. The molecule has 0 aliphatic carbocycles. The summed E-state index contributed by atoms with van der Waals surface area (Å²) in [7, 11) is 1.27. The van der Waals surface area contributed by atoms with Crippen molar-refractivity contribution < 1.29 is 23.9 Å². The predicted molar refractivity (Wildman–Crippen MR) is 199 cm³/mol. The number of esters is 1. The average Bonchev–Trinajstić information content (AvgIpc) is 3.06. The van der Waals surface area contributed by atoms with E-state index in [1.54, 1.807) is 0 Å². The second-order valence-electron chi connectivity index (χ2n) is 12.4. The molecule has 7 heteroatoms. The number of hydrogen-bond donors (Lipinski definition) is 2. The van der Waals surface area contributed by atoms with Crippen LogP contribution in [0.3, 0.4) is 0 Å². The lowest BCUT2D eigenvalue weighted by atomic mass is 9.86. The zero-order valence-electron chi connectivity index (χ0n) is 30.3. The van der Waals surface area contributed by atoms with Gasteiger partial charge in [-0.2, -0.15) is 0 Å². The van der Waals surface area contributed by atoms with Crippen molar-refractivity contribution in [2.45, 2.75) is 105 Å². The van der Waals surface area contributed by atoms with Crippen molar-refractivity contribution in [2.75, 3.05) is 20.3 Å². The third-order valence-electron chi connectivity index (χ3n) is 7.59. The minimum Gasteiger partial charge on any atom is -0.493 e. The Morgan fingerprint density at radius 3 is 1.90 bits per heavy atom. The Labute approximate surface area is 290 Å². The van der Waals surface area contributed by atoms with Crippen LogP contribution in [0.1, 0.15) is 96.1 Å². The first-order chi connectivity index (χ1) is 23.1. The van der Waals surface area contributed by atoms with Gasteiger partial charge in [0.05, 0.1) is 13.7 Å². The molecule has 0 aliphatic heterocycles. The number of carbonyl (C=O) groups excluding carboxylic acids is 3. The molecule has 48 heavy (non-hydrogen) atoms. The van der Waals surface area contributed by atoms with E-state index in [4.69, 9.17) is 9.47 Å². The molecule has 7 nitrogen and oxygen atoms in total. The number of methoxy groups -OCH3 is 1. The van der Waals surface area contributed by atoms with Gasteiger partial charge in [-0.1, -0.05) is 106 Å². The third-order valence-corrected chi connectivity index (χ3v) is 7.59. The fraction of sp³-hybridized carbons (Fsp3) is 0.488. The molecular formula is C41H60N2O5. The maximum Gasteiger partial charge on any atom is 0.330 e. The van der Waals surface area contributed by atoms with Crippen LogP contribution in [0.4, 0.5) is 0 Å². The van der Waals surface area contributed by atoms with Crippen molar-refractivity contribution in [3.63, 3.8) is 0 Å². The topological polar surface area (TPSA) is 93.7 Å². The van der Waals surface area contributed by atoms with Gasteiger partial charge < -0.3 is 20.1 Å². The molecule has 1 unspecified atom stereocenters. The lowest BCUT2D eigenvalue weighted by molar-refractivity contribution is -0.146. The quantitative estimate of drug-likeness (QED) is 0.0657. The highest BCUT2D eigenvalue weighted by atomic mass is 16.5. The summed E-state index contributed by atoms with van der Waals surface area (Å²) in [6.45, 7) is 10.3. The fourth-order valence-corrected chi connectivity index (χ4v) is 4.52. The van der Waals surface area contributed by atoms with Gasteiger partial charge in [0.25, 0.3) is 0 Å². The Kier molecular flexibility index (Phi) is 22.6. The highest BCUT2D eigenvalue weighted by Crippen LogP contribution is 2.24. The van der Waals surface area contributed by atoms with Crippen molar-refractivity contribution in [2.24, 2.45) is 5.41 Å². The van der Waals surface area contributed by atoms with Crippen molar-refractivity contribution in [1.82, 2.24) is 10.6 Å². The van der Waals surface area contributed by atoms with Gasteiger partial charge in [-0.25, -0.2) is 4.79 Å². The Balaban J connectivity index is 2.29. The Hall–Kier alpha value is -4.13. The molecule has 0 fully saturated rings. The first-order valence-corrected chi connectivity index (χ1v) is 17.4. The summed E-state index contributed by atoms with van der Waals surface area (Å²) in [6.07, 6.45) is 33.5. The van der Waals surface area contributed by atoms with E-state index in [1.807, 2.05) is 58.0 Å². The summed E-state index contributed by atoms with van der Waals surface area (Å²) in [5, 5.41) is 5.52. The van der Waals surface area contributed by atoms with E-state index >= 15 is 0 Å². The predicted octanol–water partition coefficient (Wildman–Crippen LogP) is 8.74. The van der Waals surface area contributed by atoms with Crippen molar-refractivity contribution in [3.8, 4) is 5.75 Å². The number of benzene rings is 1. The van der Waals surface area contributed by atoms with Gasteiger partial charge in [0.1, 0.15) is 11.8 Å². The zero-order valence-corrected chi connectivity index (χ0v) is 30.3. The van der Waals surface area contributed by atoms with E-state index in [1.165, 1.54) is 7.11 Å². The number of hydrogen-bond acceptors (Lipinski definition) is 5. The maximum absolute atomic E-state index is 13.1. The second kappa shape index (κ2) is 25.9. The zero-order chi connectivity index (χ0) is 35.5. The van der Waals surface area contributed by atoms with Gasteiger partial charge in [0, 0.05) is 18.4 Å². The van der Waals surface area contributed by atoms with Crippen molar-refractivity contribution in [1.29, 1.82) is 0 Å². The van der Waals surface area contributed by atoms with E-state index in [-0.39, 0.29) is 24.8 Å². The highest BCUT2D eigenvalue weighted by molar-refractivity contribution is 5.88. The molecule has 1 aromatic carbocycles. The summed E-state index contributed by atoms with van der Waals surface area (Å²) in [4.78, 5) is 37.8. The molecule has 0 aromatic heterocycles. The first-order valence-electron chi connectivity index (χ1n) is 17.4. The van der Waals surface area contributed by atoms with Crippen LogP contribution in [0.25, 0.3) is 0 Å². The van der Waals surface area contributed by atoms with Crippen LogP contribution in [0.15, 0.2) is 91.1 Å². The molecule has 2 amide bonds. The van der Waals surface area contributed by atoms with E-state index in [0.29, 0.717) is 25.9 Å². The van der Waals surface area contributed by atoms with Crippen LogP contribution in [0.5, 0.6) is 5.75 Å². The Bertz CT molecular complexity index is 1270. The normalized spacial score (nSPS) is 13.0. The molecule has 1 rings (SSSR count). The summed E-state index contributed by atoms with van der Waals surface area (Å²) in [5.41, 5.74) is 1.46. The molecule has 0 radical (unpaired) electrons. The maximum atomic E-state index is 13.1. The van der Waals surface area contributed by atoms with E-state index < -0.39 is 17.4 Å². The van der Waals surface area contributed by atoms with E-state index in [0.717, 1.165) is 55.4 Å². The van der Waals surface area contributed by atoms with Gasteiger partial charge in [-0.15, -0.1) is 0 Å². The Morgan fingerprint density at radius 2 is 1.35 bits per heavy atom. The van der Waals surface area contributed by atoms with Gasteiger partial charge in [-0.3, -0.25) is 9.59 Å². The van der Waals surface area contributed by atoms with Crippen LogP contribution in [-0.4, -0.2) is 44.1 Å². The molecule has 0 heterocycles. The number of ether oxygens (including phenoxy) is 2. The minimum absolute atomic E-state index is 0.0349. The second-order valence-corrected chi connectivity index (χ2v) is 12.4. The van der Waals surface area contributed by atoms with Crippen LogP contribution in [0, 0.1) is 19.3 Å². The standard InChI is InChI=1S/C41H60N2O5/c1-7-8-9-10-11-12-13-14-15-16-17-18-19-20-21-22-23-24-25-27-38(44)42-33-36(39(45)47-6)43-40(46)41(4,5)30-26-31-48-37-32-34(2)28-29-35(37)3/h8-9,11-12,14-15,17-18,20-21,23-24,28-29,32,36H,7,10,13,16,19,22,25-27,30-31,33H2,1-6H3,(H,42,44)(H,43,46). The molecule has 0 saturated heterocycles. The average molecular weight is 661 g/mol. The molecule has 0 bridgehead atoms. The lowest BCUT2D eigenvalue weighted by Crippen LogP contribution is -2.52. The smallest absolute Gasteiger partial charge is 0.330 e. The summed E-state index contributed by atoms with van der Waals surface area (Å²) in [6, 6.07) is 5.11. The summed E-state index contributed by atoms with van der Waals surface area (Å²) >= 11 is 0. The number of aryl methyl sites for hydroxylation is 2. The number of carbonyl (C=O) groups is 3. The van der Waals surface area contributed by atoms with E-state index in [2.05, 4.69) is 78.3 Å². The number of nitrogens with one attached hydrogen (secondary N) is 2. The molecule has 264 valence electrons. The monoisotopic (exact) mass is 660 g/mol. The molecule has 1 atom stereocenters. The van der Waals surface area contributed by atoms with Crippen molar-refractivity contribution >= 4 is 17.8 Å². The minimum atomic E-state index is -0.970. The molecule has 1 aromatic rings. The van der Waals surface area contributed by atoms with Crippen LogP contribution >= 0.6 is 0 Å². The Morgan fingerprint density at radius 1 is 0.812 bits per heavy atom. The highest BCUT2D eigenvalue weighted by Gasteiger charge is 2.31. The molecule has 2 N–H and O–H groups in total. The van der Waals surface area contributed by atoms with E-state index in [9.17, 15) is 14.4 Å². The lowest BCUT2D eigenvalue weighted by Gasteiger charge is -2.26. The number of rotatable bonds is 24. The van der Waals surface area contributed by atoms with Gasteiger partial charge in [0.2, 0.25) is 11.8 Å². The summed E-state index contributed by atoms with van der Waals surface area (Å²) in [5.74, 6) is -0.230. The fourth-order valence-electron chi connectivity index (χ4n) is 4.52. The third kappa shape index (κ3) is 20.2. The first kappa shape index (κ1) is 41.9. The van der Waals surface area contributed by atoms with Crippen LogP contribution < -0.4 is 15.4 Å². The number of allylic oxidation sites excluding steroid dienone is 12. The van der Waals surface area contributed by atoms with Gasteiger partial charge in [-0.05, 0) is 88.8 Å².